The van der Waals surface area contributed by atoms with E-state index in [-0.39, 0.29) is 33.4 Å². The molecule has 0 bridgehead atoms. The number of halogens is 1. The average molecular weight is 301 g/mol. The Hall–Kier alpha value is -3.14. The Kier molecular flexibility index (Phi) is 5.20. The summed E-state index contributed by atoms with van der Waals surface area (Å²) in [7, 11) is 1.35. The second kappa shape index (κ2) is 6.86. The molecule has 1 aromatic carbocycles. The smallest absolute Gasteiger partial charge is 0.176 e. The third-order valence-electron chi connectivity index (χ3n) is 2.49. The zero-order chi connectivity index (χ0) is 16.0. The number of nitrogens with two attached hydrogens (primary N) is 1. The van der Waals surface area contributed by atoms with Gasteiger partial charge in [-0.05, 0) is 23.8 Å². The van der Waals surface area contributed by atoms with E-state index in [1.54, 1.807) is 18.2 Å². The molecule has 3 N–H and O–H groups in total. The van der Waals surface area contributed by atoms with E-state index in [1.165, 1.54) is 25.3 Å². The number of allylic oxidation sites excluding steroid dienone is 2. The molecule has 0 aliphatic carbocycles. The summed E-state index contributed by atoms with van der Waals surface area (Å²) >= 11 is 5.83. The monoisotopic (exact) mass is 300 g/mol. The molecule has 0 aliphatic rings. The van der Waals surface area contributed by atoms with Crippen molar-refractivity contribution in [2.75, 3.05) is 7.11 Å². The first kappa shape index (κ1) is 15.9. The highest BCUT2D eigenvalue weighted by Crippen LogP contribution is 2.35. The second-order valence-corrected chi connectivity index (χ2v) is 4.14. The minimum absolute atomic E-state index is 0.0289. The molecule has 0 saturated heterocycles. The fraction of sp³-hybridized carbons (Fsp3) is 0.0714. The molecule has 0 spiro atoms. The van der Waals surface area contributed by atoms with Gasteiger partial charge in [-0.2, -0.15) is 15.8 Å². The third-order valence-corrected chi connectivity index (χ3v) is 2.77. The van der Waals surface area contributed by atoms with Gasteiger partial charge in [0.2, 0.25) is 0 Å². The van der Waals surface area contributed by atoms with Crippen molar-refractivity contribution in [3.05, 3.63) is 39.6 Å². The molecule has 0 saturated carbocycles. The number of hydrogen-bond donors (Lipinski definition) is 2. The van der Waals surface area contributed by atoms with Crippen LogP contribution in [0.1, 0.15) is 5.56 Å². The Morgan fingerprint density at radius 1 is 1.29 bits per heavy atom. The van der Waals surface area contributed by atoms with Gasteiger partial charge in [0.25, 0.3) is 0 Å². The molecule has 0 amide bonds. The third kappa shape index (κ3) is 3.45. The molecule has 0 aliphatic heterocycles. The lowest BCUT2D eigenvalue weighted by molar-refractivity contribution is 0.373. The number of phenols is 1. The van der Waals surface area contributed by atoms with E-state index in [2.05, 4.69) is 0 Å². The molecule has 0 unspecified atom stereocenters. The molecule has 0 atom stereocenters. The number of rotatable bonds is 3. The van der Waals surface area contributed by atoms with Gasteiger partial charge < -0.3 is 15.6 Å². The average Bonchev–Trinajstić information content (AvgIpc) is 2.49. The summed E-state index contributed by atoms with van der Waals surface area (Å²) in [4.78, 5) is 0. The van der Waals surface area contributed by atoms with Crippen LogP contribution in [0.2, 0.25) is 5.02 Å². The number of ether oxygens (including phenoxy) is 1. The molecule has 7 heteroatoms. The molecule has 0 radical (unpaired) electrons. The SMILES string of the molecule is COc1cc(/C=C(\C#N)C(N)=C(C#N)C#N)cc(Cl)c1O. The number of nitriles is 3. The van der Waals surface area contributed by atoms with E-state index < -0.39 is 0 Å². The number of hydrogen-bond acceptors (Lipinski definition) is 6. The van der Waals surface area contributed by atoms with Crippen molar-refractivity contribution in [1.82, 2.24) is 0 Å². The molecular formula is C14H9ClN4O2. The molecule has 0 aromatic heterocycles. The highest BCUT2D eigenvalue weighted by atomic mass is 35.5. The van der Waals surface area contributed by atoms with Gasteiger partial charge in [-0.1, -0.05) is 11.6 Å². The summed E-state index contributed by atoms with van der Waals surface area (Å²) in [6.45, 7) is 0. The molecule has 1 aromatic rings. The van der Waals surface area contributed by atoms with E-state index in [9.17, 15) is 5.11 Å². The van der Waals surface area contributed by atoms with Crippen LogP contribution in [0.5, 0.6) is 11.5 Å². The Morgan fingerprint density at radius 2 is 1.90 bits per heavy atom. The highest BCUT2D eigenvalue weighted by molar-refractivity contribution is 6.32. The zero-order valence-electron chi connectivity index (χ0n) is 10.9. The zero-order valence-corrected chi connectivity index (χ0v) is 11.6. The Balaban J connectivity index is 3.46. The summed E-state index contributed by atoms with van der Waals surface area (Å²) in [5, 5.41) is 36.2. The van der Waals surface area contributed by atoms with Crippen LogP contribution in [0.15, 0.2) is 29.0 Å². The lowest BCUT2D eigenvalue weighted by atomic mass is 10.1. The lowest BCUT2D eigenvalue weighted by Crippen LogP contribution is -2.03. The van der Waals surface area contributed by atoms with Crippen molar-refractivity contribution in [2.45, 2.75) is 0 Å². The van der Waals surface area contributed by atoms with Gasteiger partial charge >= 0.3 is 0 Å². The quantitative estimate of drug-likeness (QED) is 0.651. The fourth-order valence-corrected chi connectivity index (χ4v) is 1.67. The van der Waals surface area contributed by atoms with Crippen LogP contribution in [0, 0.1) is 34.0 Å². The Bertz CT molecular complexity index is 745. The molecular weight excluding hydrogens is 292 g/mol. The maximum atomic E-state index is 9.62. The largest absolute Gasteiger partial charge is 0.503 e. The van der Waals surface area contributed by atoms with E-state index in [4.69, 9.17) is 37.9 Å². The molecule has 104 valence electrons. The normalized spacial score (nSPS) is 9.95. The maximum absolute atomic E-state index is 9.62. The van der Waals surface area contributed by atoms with Crippen molar-refractivity contribution in [3.8, 4) is 29.7 Å². The van der Waals surface area contributed by atoms with E-state index in [0.717, 1.165) is 0 Å². The highest BCUT2D eigenvalue weighted by Gasteiger charge is 2.11. The van der Waals surface area contributed by atoms with Crippen molar-refractivity contribution >= 4 is 17.7 Å². The van der Waals surface area contributed by atoms with Gasteiger partial charge in [-0.25, -0.2) is 0 Å². The summed E-state index contributed by atoms with van der Waals surface area (Å²) in [6, 6.07) is 7.84. The van der Waals surface area contributed by atoms with Crippen LogP contribution in [-0.2, 0) is 0 Å². The number of phenolic OH excluding ortho intramolecular Hbond substituents is 1. The van der Waals surface area contributed by atoms with Crippen LogP contribution in [0.25, 0.3) is 6.08 Å². The predicted octanol–water partition coefficient (Wildman–Crippen LogP) is 2.22. The van der Waals surface area contributed by atoms with Crippen LogP contribution in [0.3, 0.4) is 0 Å². The Morgan fingerprint density at radius 3 is 2.38 bits per heavy atom. The van der Waals surface area contributed by atoms with Crippen LogP contribution in [0.4, 0.5) is 0 Å². The summed E-state index contributed by atoms with van der Waals surface area (Å²) in [5.74, 6) is -0.109. The van der Waals surface area contributed by atoms with Crippen molar-refractivity contribution in [1.29, 1.82) is 15.8 Å². The van der Waals surface area contributed by atoms with Gasteiger partial charge in [-0.3, -0.25) is 0 Å². The van der Waals surface area contributed by atoms with E-state index in [0.29, 0.717) is 5.56 Å². The van der Waals surface area contributed by atoms with E-state index >= 15 is 0 Å². The molecule has 0 fully saturated rings. The topological polar surface area (TPSA) is 127 Å². The van der Waals surface area contributed by atoms with Crippen molar-refractivity contribution in [3.63, 3.8) is 0 Å². The van der Waals surface area contributed by atoms with Crippen LogP contribution >= 0.6 is 11.6 Å². The predicted molar refractivity (Wildman–Crippen MR) is 75.7 cm³/mol. The molecule has 0 heterocycles. The van der Waals surface area contributed by atoms with Gasteiger partial charge in [0.05, 0.1) is 23.4 Å². The van der Waals surface area contributed by atoms with Crippen LogP contribution in [-0.4, -0.2) is 12.2 Å². The first-order chi connectivity index (χ1) is 9.98. The lowest BCUT2D eigenvalue weighted by Gasteiger charge is -2.07. The number of aromatic hydroxyl groups is 1. The standard InChI is InChI=1S/C14H9ClN4O2/c1-21-12-4-8(3-11(15)14(12)20)2-9(5-16)13(19)10(6-17)7-18/h2-4,20H,19H2,1H3/b9-2+. The maximum Gasteiger partial charge on any atom is 0.176 e. The fourth-order valence-electron chi connectivity index (χ4n) is 1.45. The van der Waals surface area contributed by atoms with Gasteiger partial charge in [0, 0.05) is 0 Å². The van der Waals surface area contributed by atoms with Crippen LogP contribution < -0.4 is 10.5 Å². The summed E-state index contributed by atoms with van der Waals surface area (Å²) in [6.07, 6.45) is 1.33. The molecule has 21 heavy (non-hydrogen) atoms. The molecule has 1 rings (SSSR count). The van der Waals surface area contributed by atoms with Crippen molar-refractivity contribution in [2.24, 2.45) is 5.73 Å². The first-order valence-corrected chi connectivity index (χ1v) is 5.84. The minimum atomic E-state index is -0.361. The molecule has 6 nitrogen and oxygen atoms in total. The van der Waals surface area contributed by atoms with Gasteiger partial charge in [0.1, 0.15) is 18.2 Å². The van der Waals surface area contributed by atoms with Gasteiger partial charge in [-0.15, -0.1) is 0 Å². The van der Waals surface area contributed by atoms with Gasteiger partial charge in [0.15, 0.2) is 17.1 Å². The number of methoxy groups -OCH3 is 1. The van der Waals surface area contributed by atoms with E-state index in [1.807, 2.05) is 0 Å². The Labute approximate surface area is 126 Å². The summed E-state index contributed by atoms with van der Waals surface area (Å²) in [5.41, 5.74) is 5.37. The summed E-state index contributed by atoms with van der Waals surface area (Å²) < 4.78 is 4.94. The number of nitrogens with zero attached hydrogens (tertiary/aromatic N) is 3. The minimum Gasteiger partial charge on any atom is -0.503 e. The first-order valence-electron chi connectivity index (χ1n) is 5.47. The van der Waals surface area contributed by atoms with Crippen molar-refractivity contribution < 1.29 is 9.84 Å². The number of benzene rings is 1. The second-order valence-electron chi connectivity index (χ2n) is 3.74.